The third-order valence-electron chi connectivity index (χ3n) is 4.61. The first-order valence-corrected chi connectivity index (χ1v) is 12.0. The van der Waals surface area contributed by atoms with Gasteiger partial charge in [-0.2, -0.15) is 0 Å². The second kappa shape index (κ2) is 16.7. The van der Waals surface area contributed by atoms with Gasteiger partial charge in [-0.25, -0.2) is 0 Å². The molecular formula is C18H36O4S2-2. The predicted molar refractivity (Wildman–Crippen MR) is 101 cm³/mol. The lowest BCUT2D eigenvalue weighted by Gasteiger charge is -2.24. The van der Waals surface area contributed by atoms with Crippen LogP contribution in [0.5, 0.6) is 0 Å². The highest BCUT2D eigenvalue weighted by Gasteiger charge is 2.15. The third kappa shape index (κ3) is 13.5. The fourth-order valence-electron chi connectivity index (χ4n) is 3.00. The van der Waals surface area contributed by atoms with Gasteiger partial charge in [0.15, 0.2) is 0 Å². The Balaban J connectivity index is 4.10. The van der Waals surface area contributed by atoms with E-state index in [1.807, 2.05) is 0 Å². The molecule has 0 aliphatic carbocycles. The van der Waals surface area contributed by atoms with E-state index in [4.69, 9.17) is 0 Å². The molecule has 6 heteroatoms. The van der Waals surface area contributed by atoms with Crippen LogP contribution in [0.15, 0.2) is 0 Å². The van der Waals surface area contributed by atoms with Crippen LogP contribution in [0.3, 0.4) is 0 Å². The molecule has 4 unspecified atom stereocenters. The van der Waals surface area contributed by atoms with Gasteiger partial charge < -0.3 is 9.11 Å². The van der Waals surface area contributed by atoms with Crippen molar-refractivity contribution >= 4 is 22.2 Å². The third-order valence-corrected chi connectivity index (χ3v) is 6.65. The number of hydrogen-bond acceptors (Lipinski definition) is 4. The van der Waals surface area contributed by atoms with Gasteiger partial charge in [0.2, 0.25) is 0 Å². The van der Waals surface area contributed by atoms with Crippen LogP contribution in [-0.4, -0.2) is 28.0 Å². The van der Waals surface area contributed by atoms with Crippen molar-refractivity contribution in [2.75, 3.05) is 0 Å². The van der Waals surface area contributed by atoms with Gasteiger partial charge in [0.1, 0.15) is 0 Å². The van der Waals surface area contributed by atoms with Gasteiger partial charge in [-0.1, -0.05) is 100 Å². The highest BCUT2D eigenvalue weighted by molar-refractivity contribution is 7.80. The molecule has 0 saturated carbocycles. The lowest BCUT2D eigenvalue weighted by atomic mass is 10.0. The topological polar surface area (TPSA) is 80.3 Å². The molecule has 0 aromatic carbocycles. The van der Waals surface area contributed by atoms with Crippen LogP contribution < -0.4 is 0 Å². The van der Waals surface area contributed by atoms with Crippen LogP contribution in [0.25, 0.3) is 0 Å². The van der Waals surface area contributed by atoms with Gasteiger partial charge in [0.05, 0.1) is 0 Å². The molecule has 0 rings (SSSR count). The molecule has 0 aromatic heterocycles. The minimum absolute atomic E-state index is 0.391. The van der Waals surface area contributed by atoms with E-state index in [1.165, 1.54) is 25.7 Å². The Morgan fingerprint density at radius 1 is 0.583 bits per heavy atom. The average molecular weight is 381 g/mol. The Kier molecular flexibility index (Phi) is 16.8. The Morgan fingerprint density at radius 2 is 0.917 bits per heavy atom. The van der Waals surface area contributed by atoms with Crippen molar-refractivity contribution in [1.29, 1.82) is 0 Å². The summed E-state index contributed by atoms with van der Waals surface area (Å²) in [6.07, 6.45) is 13.3. The normalized spacial score (nSPS) is 16.7. The Bertz CT molecular complexity index is 305. The molecule has 0 fully saturated rings. The summed E-state index contributed by atoms with van der Waals surface area (Å²) >= 11 is -4.20. The first-order chi connectivity index (χ1) is 11.5. The van der Waals surface area contributed by atoms with Crippen LogP contribution in [0.1, 0.15) is 104 Å². The summed E-state index contributed by atoms with van der Waals surface area (Å²) in [5.74, 6) is 0. The van der Waals surface area contributed by atoms with E-state index in [9.17, 15) is 17.5 Å². The molecule has 4 atom stereocenters. The van der Waals surface area contributed by atoms with E-state index in [0.29, 0.717) is 25.7 Å². The largest absolute Gasteiger partial charge is 0.772 e. The molecule has 0 bridgehead atoms. The minimum atomic E-state index is -2.10. The van der Waals surface area contributed by atoms with Crippen molar-refractivity contribution in [3.63, 3.8) is 0 Å². The van der Waals surface area contributed by atoms with E-state index < -0.39 is 32.7 Å². The lowest BCUT2D eigenvalue weighted by Crippen LogP contribution is -2.21. The average Bonchev–Trinajstić information content (AvgIpc) is 2.54. The Hall–Kier alpha value is 0.220. The van der Waals surface area contributed by atoms with Crippen LogP contribution >= 0.6 is 0 Å². The van der Waals surface area contributed by atoms with Crippen LogP contribution in [0.2, 0.25) is 0 Å². The van der Waals surface area contributed by atoms with Crippen LogP contribution in [0, 0.1) is 0 Å². The highest BCUT2D eigenvalue weighted by atomic mass is 32.2. The summed E-state index contributed by atoms with van der Waals surface area (Å²) in [6, 6.07) is 0. The molecule has 0 aliphatic heterocycles. The zero-order chi connectivity index (χ0) is 18.2. The fraction of sp³-hybridized carbons (Fsp3) is 1.00. The van der Waals surface area contributed by atoms with Gasteiger partial charge >= 0.3 is 0 Å². The molecule has 0 amide bonds. The lowest BCUT2D eigenvalue weighted by molar-refractivity contribution is 0.468. The van der Waals surface area contributed by atoms with E-state index >= 15 is 0 Å². The number of rotatable bonds is 17. The van der Waals surface area contributed by atoms with Gasteiger partial charge in [-0.05, 0) is 25.7 Å². The van der Waals surface area contributed by atoms with Crippen molar-refractivity contribution in [3.8, 4) is 0 Å². The molecule has 0 N–H and O–H groups in total. The van der Waals surface area contributed by atoms with E-state index in [2.05, 4.69) is 13.8 Å². The summed E-state index contributed by atoms with van der Waals surface area (Å²) in [4.78, 5) is 0. The predicted octanol–water partition coefficient (Wildman–Crippen LogP) is 4.98. The molecule has 0 aromatic rings. The number of hydrogen-bond donors (Lipinski definition) is 0. The summed E-state index contributed by atoms with van der Waals surface area (Å²) in [5, 5.41) is -0.782. The zero-order valence-corrected chi connectivity index (χ0v) is 17.1. The fourth-order valence-corrected chi connectivity index (χ4v) is 4.37. The summed E-state index contributed by atoms with van der Waals surface area (Å²) in [5.41, 5.74) is 0. The SMILES string of the molecule is CCCCCCCC(CCC(CCCCCCC)S(=O)[O-])S(=O)[O-]. The molecule has 0 spiro atoms. The van der Waals surface area contributed by atoms with Gasteiger partial charge in [-0.15, -0.1) is 0 Å². The van der Waals surface area contributed by atoms with Gasteiger partial charge in [-0.3, -0.25) is 8.42 Å². The molecule has 146 valence electrons. The Labute approximate surface area is 154 Å². The van der Waals surface area contributed by atoms with Gasteiger partial charge in [0.25, 0.3) is 0 Å². The number of unbranched alkanes of at least 4 members (excludes halogenated alkanes) is 8. The minimum Gasteiger partial charge on any atom is -0.772 e. The second-order valence-electron chi connectivity index (χ2n) is 6.75. The van der Waals surface area contributed by atoms with Crippen LogP contribution in [0.4, 0.5) is 0 Å². The van der Waals surface area contributed by atoms with Crippen molar-refractivity contribution in [2.24, 2.45) is 0 Å². The van der Waals surface area contributed by atoms with E-state index in [0.717, 1.165) is 38.5 Å². The smallest absolute Gasteiger partial charge is 0.0216 e. The van der Waals surface area contributed by atoms with Crippen LogP contribution in [-0.2, 0) is 22.2 Å². The molecule has 4 nitrogen and oxygen atoms in total. The first kappa shape index (κ1) is 24.2. The van der Waals surface area contributed by atoms with Crippen molar-refractivity contribution in [1.82, 2.24) is 0 Å². The van der Waals surface area contributed by atoms with Gasteiger partial charge in [0, 0.05) is 10.5 Å². The molecule has 24 heavy (non-hydrogen) atoms. The molecular weight excluding hydrogens is 344 g/mol. The van der Waals surface area contributed by atoms with Crippen molar-refractivity contribution in [2.45, 2.75) is 114 Å². The summed E-state index contributed by atoms with van der Waals surface area (Å²) in [7, 11) is 0. The van der Waals surface area contributed by atoms with Crippen molar-refractivity contribution < 1.29 is 17.5 Å². The maximum absolute atomic E-state index is 11.4. The molecule has 0 heterocycles. The first-order valence-electron chi connectivity index (χ1n) is 9.69. The molecule has 0 radical (unpaired) electrons. The van der Waals surface area contributed by atoms with E-state index in [1.54, 1.807) is 0 Å². The zero-order valence-electron chi connectivity index (χ0n) is 15.5. The molecule has 0 aliphatic rings. The Morgan fingerprint density at radius 3 is 1.21 bits per heavy atom. The quantitative estimate of drug-likeness (QED) is 0.263. The summed E-state index contributed by atoms with van der Waals surface area (Å²) in [6.45, 7) is 4.31. The maximum atomic E-state index is 11.4. The standard InChI is InChI=1S/C18H38O4S2/c1-3-5-7-9-11-13-17(23(19)20)15-16-18(24(21)22)14-12-10-8-6-4-2/h17-18H,3-16H2,1-2H3,(H,19,20)(H,21,22)/p-2. The highest BCUT2D eigenvalue weighted by Crippen LogP contribution is 2.20. The monoisotopic (exact) mass is 380 g/mol. The molecule has 0 saturated heterocycles. The maximum Gasteiger partial charge on any atom is 0.0216 e. The van der Waals surface area contributed by atoms with Crippen molar-refractivity contribution in [3.05, 3.63) is 0 Å². The summed E-state index contributed by atoms with van der Waals surface area (Å²) < 4.78 is 45.5. The van der Waals surface area contributed by atoms with E-state index in [-0.39, 0.29) is 0 Å². The second-order valence-corrected chi connectivity index (χ2v) is 9.12.